The number of para-hydroxylation sites is 3. The predicted molar refractivity (Wildman–Crippen MR) is 216 cm³/mol. The maximum atomic E-state index is 2.44. The molecule has 0 bridgehead atoms. The van der Waals surface area contributed by atoms with E-state index in [4.69, 9.17) is 0 Å². The first-order valence-electron chi connectivity index (χ1n) is 17.9. The van der Waals surface area contributed by atoms with E-state index < -0.39 is 0 Å². The van der Waals surface area contributed by atoms with Crippen molar-refractivity contribution in [1.29, 1.82) is 0 Å². The second-order valence-corrected chi connectivity index (χ2v) is 14.5. The summed E-state index contributed by atoms with van der Waals surface area (Å²) in [6.45, 7) is 4.76. The summed E-state index contributed by atoms with van der Waals surface area (Å²) >= 11 is 0. The number of fused-ring (bicyclic) bond motifs is 12. The van der Waals surface area contributed by atoms with Gasteiger partial charge in [0.1, 0.15) is 0 Å². The molecule has 0 N–H and O–H groups in total. The average molecular weight is 651 g/mol. The van der Waals surface area contributed by atoms with Crippen molar-refractivity contribution in [2.75, 3.05) is 0 Å². The van der Waals surface area contributed by atoms with Gasteiger partial charge >= 0.3 is 0 Å². The van der Waals surface area contributed by atoms with Crippen LogP contribution in [0.1, 0.15) is 25.0 Å². The van der Waals surface area contributed by atoms with Gasteiger partial charge < -0.3 is 9.13 Å². The third-order valence-electron chi connectivity index (χ3n) is 11.5. The van der Waals surface area contributed by atoms with Crippen LogP contribution in [0.2, 0.25) is 0 Å². The Morgan fingerprint density at radius 1 is 0.373 bits per heavy atom. The van der Waals surface area contributed by atoms with Crippen LogP contribution in [0.5, 0.6) is 0 Å². The van der Waals surface area contributed by atoms with Gasteiger partial charge in [0.2, 0.25) is 0 Å². The Balaban J connectivity index is 1.06. The molecule has 0 saturated carbocycles. The molecular weight excluding hydrogens is 617 g/mol. The van der Waals surface area contributed by atoms with E-state index in [0.717, 1.165) is 0 Å². The van der Waals surface area contributed by atoms with Crippen molar-refractivity contribution in [3.8, 4) is 33.6 Å². The lowest BCUT2D eigenvalue weighted by Crippen LogP contribution is -2.15. The minimum atomic E-state index is -0.0627. The van der Waals surface area contributed by atoms with Crippen molar-refractivity contribution in [1.82, 2.24) is 9.13 Å². The maximum Gasteiger partial charge on any atom is 0.0547 e. The van der Waals surface area contributed by atoms with Gasteiger partial charge in [-0.05, 0) is 98.8 Å². The van der Waals surface area contributed by atoms with Gasteiger partial charge in [-0.3, -0.25) is 0 Å². The van der Waals surface area contributed by atoms with Crippen molar-refractivity contribution in [2.24, 2.45) is 0 Å². The van der Waals surface area contributed by atoms with Gasteiger partial charge in [0.05, 0.1) is 22.1 Å². The van der Waals surface area contributed by atoms with E-state index in [0.29, 0.717) is 0 Å². The van der Waals surface area contributed by atoms with E-state index in [1.165, 1.54) is 99.1 Å². The number of hydrogen-bond donors (Lipinski definition) is 0. The molecule has 2 nitrogen and oxygen atoms in total. The molecule has 1 aliphatic carbocycles. The minimum absolute atomic E-state index is 0.0627. The van der Waals surface area contributed by atoms with Crippen LogP contribution in [0.3, 0.4) is 0 Å². The van der Waals surface area contributed by atoms with Crippen LogP contribution in [-0.4, -0.2) is 9.13 Å². The van der Waals surface area contributed by atoms with E-state index in [-0.39, 0.29) is 5.41 Å². The van der Waals surface area contributed by atoms with Gasteiger partial charge in [-0.25, -0.2) is 0 Å². The van der Waals surface area contributed by atoms with E-state index in [1.807, 2.05) is 0 Å². The summed E-state index contributed by atoms with van der Waals surface area (Å²) < 4.78 is 4.81. The van der Waals surface area contributed by atoms with E-state index >= 15 is 0 Å². The quantitative estimate of drug-likeness (QED) is 0.180. The summed E-state index contributed by atoms with van der Waals surface area (Å²) in [6, 6.07) is 62.7. The second-order valence-electron chi connectivity index (χ2n) is 14.5. The molecular formula is C49H34N2. The molecule has 8 aromatic carbocycles. The summed E-state index contributed by atoms with van der Waals surface area (Å²) in [5.74, 6) is 0. The molecule has 51 heavy (non-hydrogen) atoms. The molecule has 1 aliphatic rings. The summed E-state index contributed by atoms with van der Waals surface area (Å²) in [5, 5.41) is 7.82. The highest BCUT2D eigenvalue weighted by Crippen LogP contribution is 2.52. The lowest BCUT2D eigenvalue weighted by Gasteiger charge is -2.23. The molecule has 0 atom stereocenters. The lowest BCUT2D eigenvalue weighted by atomic mass is 9.80. The molecule has 2 heterocycles. The Morgan fingerprint density at radius 3 is 1.78 bits per heavy atom. The van der Waals surface area contributed by atoms with Crippen LogP contribution in [0.15, 0.2) is 170 Å². The topological polar surface area (TPSA) is 9.86 Å². The summed E-state index contributed by atoms with van der Waals surface area (Å²) in [6.07, 6.45) is 0. The molecule has 10 aromatic rings. The third-order valence-corrected chi connectivity index (χ3v) is 11.5. The molecule has 0 radical (unpaired) electrons. The highest BCUT2D eigenvalue weighted by molar-refractivity contribution is 6.22. The molecule has 0 spiro atoms. The van der Waals surface area contributed by atoms with Crippen LogP contribution in [0, 0.1) is 0 Å². The number of rotatable bonds is 3. The number of nitrogens with zero attached hydrogens (tertiary/aromatic N) is 2. The molecule has 11 rings (SSSR count). The Kier molecular flexibility index (Phi) is 5.76. The Bertz CT molecular complexity index is 3030. The molecule has 2 aromatic heterocycles. The smallest absolute Gasteiger partial charge is 0.0547 e. The van der Waals surface area contributed by atoms with Crippen LogP contribution in [0.4, 0.5) is 0 Å². The third kappa shape index (κ3) is 3.88. The fourth-order valence-corrected chi connectivity index (χ4v) is 9.26. The number of hydrogen-bond acceptors (Lipinski definition) is 0. The number of benzene rings is 8. The van der Waals surface area contributed by atoms with Crippen molar-refractivity contribution >= 4 is 54.4 Å². The first-order valence-corrected chi connectivity index (χ1v) is 17.9. The standard InChI is InChI=1S/C49H34N2/c1-49(2)42-17-9-6-14-35(42)38-26-25-37-39(48(38)49)27-29-46-47(37)40-16-8-11-19-44(40)51(46)34-23-20-31(21-24-34)32-22-28-45-41(30-32)36-15-7-10-18-43(36)50(45)33-12-4-3-5-13-33/h3-30H,1-2H3. The van der Waals surface area contributed by atoms with Gasteiger partial charge in [0.25, 0.3) is 0 Å². The van der Waals surface area contributed by atoms with Crippen molar-refractivity contribution in [3.05, 3.63) is 181 Å². The van der Waals surface area contributed by atoms with Crippen molar-refractivity contribution < 1.29 is 0 Å². The minimum Gasteiger partial charge on any atom is -0.309 e. The van der Waals surface area contributed by atoms with E-state index in [9.17, 15) is 0 Å². The van der Waals surface area contributed by atoms with Gasteiger partial charge in [-0.15, -0.1) is 0 Å². The van der Waals surface area contributed by atoms with E-state index in [2.05, 4.69) is 193 Å². The van der Waals surface area contributed by atoms with Crippen molar-refractivity contribution in [3.63, 3.8) is 0 Å². The summed E-state index contributed by atoms with van der Waals surface area (Å²) in [4.78, 5) is 0. The highest BCUT2D eigenvalue weighted by atomic mass is 15.0. The molecule has 0 saturated heterocycles. The lowest BCUT2D eigenvalue weighted by molar-refractivity contribution is 0.666. The maximum absolute atomic E-state index is 2.44. The Hall–Kier alpha value is -6.38. The van der Waals surface area contributed by atoms with Crippen LogP contribution >= 0.6 is 0 Å². The van der Waals surface area contributed by atoms with Crippen LogP contribution in [-0.2, 0) is 5.41 Å². The fourth-order valence-electron chi connectivity index (χ4n) is 9.26. The highest BCUT2D eigenvalue weighted by Gasteiger charge is 2.37. The molecule has 240 valence electrons. The largest absolute Gasteiger partial charge is 0.309 e. The van der Waals surface area contributed by atoms with Crippen LogP contribution < -0.4 is 0 Å². The first-order chi connectivity index (χ1) is 25.1. The van der Waals surface area contributed by atoms with Crippen LogP contribution in [0.25, 0.3) is 88.0 Å². The zero-order valence-electron chi connectivity index (χ0n) is 28.6. The van der Waals surface area contributed by atoms with Crippen molar-refractivity contribution in [2.45, 2.75) is 19.3 Å². The summed E-state index contributed by atoms with van der Waals surface area (Å²) in [5.41, 5.74) is 15.2. The summed E-state index contributed by atoms with van der Waals surface area (Å²) in [7, 11) is 0. The molecule has 0 unspecified atom stereocenters. The Labute approximate surface area is 296 Å². The average Bonchev–Trinajstić information content (AvgIpc) is 3.78. The first kappa shape index (κ1) is 28.5. The SMILES string of the molecule is CC1(C)c2ccccc2-c2ccc3c(ccc4c3c3ccccc3n4-c3ccc(-c4ccc5c(c4)c4ccccc4n5-c4ccccc4)cc3)c21. The molecule has 0 amide bonds. The zero-order valence-corrected chi connectivity index (χ0v) is 28.6. The van der Waals surface area contributed by atoms with Gasteiger partial charge in [0, 0.05) is 38.3 Å². The molecule has 0 fully saturated rings. The predicted octanol–water partition coefficient (Wildman–Crippen LogP) is 13.0. The molecule has 2 heteroatoms. The van der Waals surface area contributed by atoms with Gasteiger partial charge in [-0.1, -0.05) is 129 Å². The van der Waals surface area contributed by atoms with Gasteiger partial charge in [0.15, 0.2) is 0 Å². The number of aromatic nitrogens is 2. The second kappa shape index (κ2) is 10.3. The Morgan fingerprint density at radius 2 is 0.961 bits per heavy atom. The fraction of sp³-hybridized carbons (Fsp3) is 0.0612. The van der Waals surface area contributed by atoms with Gasteiger partial charge in [-0.2, -0.15) is 0 Å². The monoisotopic (exact) mass is 650 g/mol. The van der Waals surface area contributed by atoms with E-state index in [1.54, 1.807) is 0 Å². The zero-order chi connectivity index (χ0) is 33.8. The molecule has 0 aliphatic heterocycles. The normalized spacial score (nSPS) is 13.5.